The van der Waals surface area contributed by atoms with Crippen LogP contribution in [0.2, 0.25) is 5.02 Å². The van der Waals surface area contributed by atoms with Crippen molar-refractivity contribution in [3.8, 4) is 0 Å². The van der Waals surface area contributed by atoms with Gasteiger partial charge in [-0.15, -0.1) is 0 Å². The molecule has 0 radical (unpaired) electrons. The van der Waals surface area contributed by atoms with Gasteiger partial charge in [0.2, 0.25) is 0 Å². The second-order valence-corrected chi connectivity index (χ2v) is 7.49. The maximum atomic E-state index is 12.9. The van der Waals surface area contributed by atoms with Crippen LogP contribution in [0.5, 0.6) is 0 Å². The number of aryl methyl sites for hydroxylation is 1. The molecule has 1 heterocycles. The summed E-state index contributed by atoms with van der Waals surface area (Å²) in [5, 5.41) is 10.3. The lowest BCUT2D eigenvalue weighted by atomic mass is 9.88. The summed E-state index contributed by atoms with van der Waals surface area (Å²) < 4.78 is 5.12. The average molecular weight is 369 g/mol. The molecular formula is C19H29ClN2O3. The summed E-state index contributed by atoms with van der Waals surface area (Å²) in [6.07, 6.45) is 0.937. The number of benzene rings is 1. The highest BCUT2D eigenvalue weighted by molar-refractivity contribution is 6.31. The fourth-order valence-electron chi connectivity index (χ4n) is 3.44. The number of amides is 1. The van der Waals surface area contributed by atoms with Gasteiger partial charge in [0.15, 0.2) is 0 Å². The molecule has 2 atom stereocenters. The molecule has 1 aromatic carbocycles. The third-order valence-electron chi connectivity index (χ3n) is 4.84. The number of hydrogen-bond donors (Lipinski definition) is 1. The number of aliphatic hydroxyl groups is 1. The number of likely N-dealkylation sites (tertiary alicyclic amines) is 1. The van der Waals surface area contributed by atoms with Crippen molar-refractivity contribution in [3.05, 3.63) is 34.3 Å². The van der Waals surface area contributed by atoms with E-state index in [1.165, 1.54) is 0 Å². The Balaban J connectivity index is 2.05. The van der Waals surface area contributed by atoms with Gasteiger partial charge in [-0.05, 0) is 49.9 Å². The molecule has 6 heteroatoms. The molecule has 1 aliphatic rings. The van der Waals surface area contributed by atoms with Crippen molar-refractivity contribution in [2.24, 2.45) is 11.8 Å². The number of nitrogens with zero attached hydrogens (tertiary/aromatic N) is 2. The molecule has 0 aliphatic carbocycles. The SMILES string of the molecule is COCCN(C)C[C@@H]1C[C@H](CO)CN(C(=O)c2ccc(C)c(Cl)c2)C1. The molecular weight excluding hydrogens is 340 g/mol. The summed E-state index contributed by atoms with van der Waals surface area (Å²) in [7, 11) is 3.76. The Morgan fingerprint density at radius 1 is 1.40 bits per heavy atom. The van der Waals surface area contributed by atoms with Gasteiger partial charge in [-0.3, -0.25) is 4.79 Å². The van der Waals surface area contributed by atoms with Crippen molar-refractivity contribution in [2.45, 2.75) is 13.3 Å². The second kappa shape index (κ2) is 9.53. The number of likely N-dealkylation sites (N-methyl/N-ethyl adjacent to an activating group) is 1. The molecule has 1 fully saturated rings. The number of carbonyl (C=O) groups is 1. The van der Waals surface area contributed by atoms with Crippen molar-refractivity contribution in [3.63, 3.8) is 0 Å². The largest absolute Gasteiger partial charge is 0.396 e. The van der Waals surface area contributed by atoms with Crippen LogP contribution in [0.25, 0.3) is 0 Å². The van der Waals surface area contributed by atoms with Crippen molar-refractivity contribution in [1.29, 1.82) is 0 Å². The van der Waals surface area contributed by atoms with Crippen LogP contribution >= 0.6 is 11.6 Å². The van der Waals surface area contributed by atoms with Crippen LogP contribution in [0.15, 0.2) is 18.2 Å². The molecule has 2 rings (SSSR count). The molecule has 0 aromatic heterocycles. The predicted octanol–water partition coefficient (Wildman–Crippen LogP) is 2.30. The minimum absolute atomic E-state index is 0.00963. The van der Waals surface area contributed by atoms with Crippen molar-refractivity contribution in [1.82, 2.24) is 9.80 Å². The van der Waals surface area contributed by atoms with Crippen LogP contribution in [0.4, 0.5) is 0 Å². The lowest BCUT2D eigenvalue weighted by Gasteiger charge is -2.38. The van der Waals surface area contributed by atoms with Gasteiger partial charge in [0, 0.05) is 50.5 Å². The normalized spacial score (nSPS) is 21.0. The number of piperidine rings is 1. The van der Waals surface area contributed by atoms with Crippen LogP contribution in [0.1, 0.15) is 22.3 Å². The van der Waals surface area contributed by atoms with Crippen molar-refractivity contribution in [2.75, 3.05) is 53.6 Å². The van der Waals surface area contributed by atoms with Gasteiger partial charge in [0.1, 0.15) is 0 Å². The highest BCUT2D eigenvalue weighted by atomic mass is 35.5. The highest BCUT2D eigenvalue weighted by Gasteiger charge is 2.30. The van der Waals surface area contributed by atoms with E-state index in [0.717, 1.165) is 25.1 Å². The van der Waals surface area contributed by atoms with Gasteiger partial charge < -0.3 is 19.6 Å². The van der Waals surface area contributed by atoms with Crippen molar-refractivity contribution < 1.29 is 14.6 Å². The molecule has 25 heavy (non-hydrogen) atoms. The Bertz CT molecular complexity index is 582. The van der Waals surface area contributed by atoms with E-state index in [1.54, 1.807) is 13.2 Å². The Morgan fingerprint density at radius 3 is 2.76 bits per heavy atom. The fraction of sp³-hybridized carbons (Fsp3) is 0.632. The first-order chi connectivity index (χ1) is 11.9. The van der Waals surface area contributed by atoms with E-state index in [-0.39, 0.29) is 18.4 Å². The number of aliphatic hydroxyl groups excluding tert-OH is 1. The van der Waals surface area contributed by atoms with Crippen LogP contribution in [-0.2, 0) is 4.74 Å². The number of carbonyl (C=O) groups excluding carboxylic acids is 1. The first-order valence-electron chi connectivity index (χ1n) is 8.78. The summed E-state index contributed by atoms with van der Waals surface area (Å²) in [6.45, 7) is 5.77. The van der Waals surface area contributed by atoms with Crippen LogP contribution in [0.3, 0.4) is 0 Å². The van der Waals surface area contributed by atoms with E-state index in [0.29, 0.717) is 36.2 Å². The Morgan fingerprint density at radius 2 is 2.12 bits per heavy atom. The minimum atomic E-state index is -0.00963. The molecule has 5 nitrogen and oxygen atoms in total. The summed E-state index contributed by atoms with van der Waals surface area (Å²) >= 11 is 6.17. The zero-order valence-electron chi connectivity index (χ0n) is 15.4. The van der Waals surface area contributed by atoms with Gasteiger partial charge >= 0.3 is 0 Å². The van der Waals surface area contributed by atoms with Crippen LogP contribution in [-0.4, -0.2) is 74.4 Å². The monoisotopic (exact) mass is 368 g/mol. The van der Waals surface area contributed by atoms with Gasteiger partial charge in [0.05, 0.1) is 6.61 Å². The highest BCUT2D eigenvalue weighted by Crippen LogP contribution is 2.25. The zero-order chi connectivity index (χ0) is 18.4. The maximum Gasteiger partial charge on any atom is 0.253 e. The molecule has 0 bridgehead atoms. The number of hydrogen-bond acceptors (Lipinski definition) is 4. The van der Waals surface area contributed by atoms with E-state index in [4.69, 9.17) is 16.3 Å². The summed E-state index contributed by atoms with van der Waals surface area (Å²) in [4.78, 5) is 17.0. The molecule has 0 unspecified atom stereocenters. The van der Waals surface area contributed by atoms with E-state index in [2.05, 4.69) is 11.9 Å². The Kier molecular flexibility index (Phi) is 7.69. The first kappa shape index (κ1) is 20.2. The minimum Gasteiger partial charge on any atom is -0.396 e. The molecule has 1 saturated heterocycles. The van der Waals surface area contributed by atoms with E-state index in [9.17, 15) is 9.90 Å². The third-order valence-corrected chi connectivity index (χ3v) is 5.24. The second-order valence-electron chi connectivity index (χ2n) is 7.08. The lowest BCUT2D eigenvalue weighted by molar-refractivity contribution is 0.0451. The zero-order valence-corrected chi connectivity index (χ0v) is 16.1. The molecule has 1 N–H and O–H groups in total. The number of ether oxygens (including phenoxy) is 1. The number of rotatable bonds is 7. The molecule has 1 amide bonds. The van der Waals surface area contributed by atoms with Gasteiger partial charge in [0.25, 0.3) is 5.91 Å². The van der Waals surface area contributed by atoms with Crippen LogP contribution in [0, 0.1) is 18.8 Å². The molecule has 0 spiro atoms. The summed E-state index contributed by atoms with van der Waals surface area (Å²) in [5.74, 6) is 0.460. The van der Waals surface area contributed by atoms with E-state index in [1.807, 2.05) is 24.0 Å². The summed E-state index contributed by atoms with van der Waals surface area (Å²) in [5.41, 5.74) is 1.57. The Labute approximate surface area is 155 Å². The average Bonchev–Trinajstić information content (AvgIpc) is 2.61. The van der Waals surface area contributed by atoms with Gasteiger partial charge in [-0.25, -0.2) is 0 Å². The molecule has 0 saturated carbocycles. The number of halogens is 1. The van der Waals surface area contributed by atoms with Crippen LogP contribution < -0.4 is 0 Å². The third kappa shape index (κ3) is 5.68. The molecule has 1 aromatic rings. The smallest absolute Gasteiger partial charge is 0.253 e. The summed E-state index contributed by atoms with van der Waals surface area (Å²) in [6, 6.07) is 5.44. The standard InChI is InChI=1S/C19H29ClN2O3/c1-14-4-5-17(9-18(14)20)19(24)22-11-15(8-16(12-22)13-23)10-21(2)6-7-25-3/h4-5,9,15-16,23H,6-8,10-13H2,1-3H3/t15-,16-/m0/s1. The quantitative estimate of drug-likeness (QED) is 0.802. The fourth-order valence-corrected chi connectivity index (χ4v) is 3.62. The van der Waals surface area contributed by atoms with Gasteiger partial charge in [-0.2, -0.15) is 0 Å². The number of methoxy groups -OCH3 is 1. The maximum absolute atomic E-state index is 12.9. The first-order valence-corrected chi connectivity index (χ1v) is 9.16. The Hall–Kier alpha value is -1.14. The lowest BCUT2D eigenvalue weighted by Crippen LogP contribution is -2.47. The van der Waals surface area contributed by atoms with E-state index < -0.39 is 0 Å². The van der Waals surface area contributed by atoms with E-state index >= 15 is 0 Å². The van der Waals surface area contributed by atoms with Crippen molar-refractivity contribution >= 4 is 17.5 Å². The van der Waals surface area contributed by atoms with Gasteiger partial charge in [-0.1, -0.05) is 17.7 Å². The molecule has 140 valence electrons. The topological polar surface area (TPSA) is 53.0 Å². The predicted molar refractivity (Wildman–Crippen MR) is 100 cm³/mol. The molecule has 1 aliphatic heterocycles.